The maximum atomic E-state index is 12.8. The summed E-state index contributed by atoms with van der Waals surface area (Å²) >= 11 is 0. The number of carbonyl (C=O) groups is 1. The van der Waals surface area contributed by atoms with Crippen molar-refractivity contribution in [2.75, 3.05) is 17.2 Å². The van der Waals surface area contributed by atoms with Gasteiger partial charge in [0.25, 0.3) is 5.91 Å². The van der Waals surface area contributed by atoms with E-state index in [2.05, 4.69) is 23.2 Å². The Morgan fingerprint density at radius 1 is 1.48 bits per heavy atom. The summed E-state index contributed by atoms with van der Waals surface area (Å²) in [5.41, 5.74) is 9.83. The van der Waals surface area contributed by atoms with Gasteiger partial charge in [0.15, 0.2) is 5.69 Å². The number of para-hydroxylation sites is 1. The fourth-order valence-electron chi connectivity index (χ4n) is 2.94. The second-order valence-corrected chi connectivity index (χ2v) is 5.67. The molecule has 1 aliphatic rings. The number of nitrogens with two attached hydrogens (primary N) is 1. The summed E-state index contributed by atoms with van der Waals surface area (Å²) in [5.74, 6) is 0.303. The molecule has 0 bridgehead atoms. The molecule has 3 N–H and O–H groups in total. The summed E-state index contributed by atoms with van der Waals surface area (Å²) in [6.07, 6.45) is 1.73. The van der Waals surface area contributed by atoms with Crippen molar-refractivity contribution in [3.63, 3.8) is 0 Å². The van der Waals surface area contributed by atoms with Gasteiger partial charge in [-0.25, -0.2) is 0 Å². The third kappa shape index (κ3) is 2.28. The van der Waals surface area contributed by atoms with E-state index in [1.54, 1.807) is 4.90 Å². The van der Waals surface area contributed by atoms with E-state index in [4.69, 9.17) is 5.73 Å². The van der Waals surface area contributed by atoms with E-state index in [0.29, 0.717) is 23.8 Å². The standard InChI is InChI=1S/C16H20N4O/c1-3-12-14(17)15(19-18-12)16(21)20-9-10(2)8-11-6-4-5-7-13(11)20/h4-7,10H,3,8-9,17H2,1-2H3,(H,18,19). The van der Waals surface area contributed by atoms with Crippen LogP contribution < -0.4 is 10.6 Å². The summed E-state index contributed by atoms with van der Waals surface area (Å²) in [5, 5.41) is 6.97. The zero-order valence-electron chi connectivity index (χ0n) is 12.4. The summed E-state index contributed by atoms with van der Waals surface area (Å²) in [4.78, 5) is 14.6. The Balaban J connectivity index is 2.00. The van der Waals surface area contributed by atoms with E-state index in [1.807, 2.05) is 25.1 Å². The maximum absolute atomic E-state index is 12.8. The van der Waals surface area contributed by atoms with Gasteiger partial charge in [0.05, 0.1) is 11.4 Å². The lowest BCUT2D eigenvalue weighted by atomic mass is 9.93. The van der Waals surface area contributed by atoms with E-state index in [0.717, 1.165) is 24.2 Å². The molecule has 21 heavy (non-hydrogen) atoms. The molecule has 0 saturated heterocycles. The Morgan fingerprint density at radius 2 is 2.24 bits per heavy atom. The number of rotatable bonds is 2. The highest BCUT2D eigenvalue weighted by molar-refractivity contribution is 6.08. The molecule has 1 atom stereocenters. The molecule has 0 radical (unpaired) electrons. The number of benzene rings is 1. The summed E-state index contributed by atoms with van der Waals surface area (Å²) in [7, 11) is 0. The molecule has 1 aromatic heterocycles. The average Bonchev–Trinajstić information content (AvgIpc) is 2.86. The van der Waals surface area contributed by atoms with Crippen molar-refractivity contribution in [1.82, 2.24) is 10.2 Å². The van der Waals surface area contributed by atoms with E-state index >= 15 is 0 Å². The van der Waals surface area contributed by atoms with Crippen LogP contribution in [0.3, 0.4) is 0 Å². The van der Waals surface area contributed by atoms with Gasteiger partial charge in [-0.15, -0.1) is 0 Å². The first-order valence-corrected chi connectivity index (χ1v) is 7.34. The van der Waals surface area contributed by atoms with Crippen molar-refractivity contribution in [3.05, 3.63) is 41.2 Å². The molecule has 5 nitrogen and oxygen atoms in total. The minimum atomic E-state index is -0.123. The van der Waals surface area contributed by atoms with Crippen molar-refractivity contribution >= 4 is 17.3 Å². The van der Waals surface area contributed by atoms with Crippen LogP contribution >= 0.6 is 0 Å². The smallest absolute Gasteiger partial charge is 0.280 e. The molecule has 0 spiro atoms. The molecule has 2 heterocycles. The van der Waals surface area contributed by atoms with Crippen LogP contribution in [0.4, 0.5) is 11.4 Å². The number of hydrogen-bond acceptors (Lipinski definition) is 3. The van der Waals surface area contributed by atoms with Gasteiger partial charge >= 0.3 is 0 Å². The van der Waals surface area contributed by atoms with Crippen LogP contribution in [-0.2, 0) is 12.8 Å². The lowest BCUT2D eigenvalue weighted by molar-refractivity contribution is 0.0977. The number of hydrogen-bond donors (Lipinski definition) is 2. The second-order valence-electron chi connectivity index (χ2n) is 5.67. The third-order valence-electron chi connectivity index (χ3n) is 4.03. The quantitative estimate of drug-likeness (QED) is 0.889. The number of H-pyrrole nitrogens is 1. The van der Waals surface area contributed by atoms with Gasteiger partial charge in [0.1, 0.15) is 0 Å². The highest BCUT2D eigenvalue weighted by Crippen LogP contribution is 2.31. The van der Waals surface area contributed by atoms with Crippen molar-refractivity contribution in [2.45, 2.75) is 26.7 Å². The molecule has 1 unspecified atom stereocenters. The number of carbonyl (C=O) groups excluding carboxylic acids is 1. The number of aromatic amines is 1. The van der Waals surface area contributed by atoms with Crippen LogP contribution in [0.15, 0.2) is 24.3 Å². The van der Waals surface area contributed by atoms with Crippen molar-refractivity contribution in [2.24, 2.45) is 5.92 Å². The molecule has 3 rings (SSSR count). The molecule has 110 valence electrons. The lowest BCUT2D eigenvalue weighted by Gasteiger charge is -2.32. The molecule has 0 aliphatic carbocycles. The van der Waals surface area contributed by atoms with Crippen LogP contribution in [0.2, 0.25) is 0 Å². The Morgan fingerprint density at radius 3 is 2.95 bits per heavy atom. The average molecular weight is 284 g/mol. The lowest BCUT2D eigenvalue weighted by Crippen LogP contribution is -2.39. The van der Waals surface area contributed by atoms with Gasteiger partial charge in [0.2, 0.25) is 0 Å². The van der Waals surface area contributed by atoms with E-state index in [1.165, 1.54) is 5.56 Å². The minimum Gasteiger partial charge on any atom is -0.395 e. The van der Waals surface area contributed by atoms with E-state index < -0.39 is 0 Å². The largest absolute Gasteiger partial charge is 0.395 e. The fourth-order valence-corrected chi connectivity index (χ4v) is 2.94. The number of nitrogen functional groups attached to an aromatic ring is 1. The molecule has 2 aromatic rings. The number of aromatic nitrogens is 2. The number of fused-ring (bicyclic) bond motifs is 1. The fraction of sp³-hybridized carbons (Fsp3) is 0.375. The number of anilines is 2. The summed E-state index contributed by atoms with van der Waals surface area (Å²) in [6, 6.07) is 8.04. The van der Waals surface area contributed by atoms with Crippen LogP contribution in [0, 0.1) is 5.92 Å². The third-order valence-corrected chi connectivity index (χ3v) is 4.03. The molecule has 0 saturated carbocycles. The molecule has 0 fully saturated rings. The number of aryl methyl sites for hydroxylation is 1. The predicted molar refractivity (Wildman–Crippen MR) is 83.4 cm³/mol. The second kappa shape index (κ2) is 5.24. The maximum Gasteiger partial charge on any atom is 0.280 e. The molecule has 1 amide bonds. The monoisotopic (exact) mass is 284 g/mol. The van der Waals surface area contributed by atoms with Crippen molar-refractivity contribution in [3.8, 4) is 0 Å². The van der Waals surface area contributed by atoms with Gasteiger partial charge in [-0.1, -0.05) is 32.0 Å². The highest BCUT2D eigenvalue weighted by atomic mass is 16.2. The van der Waals surface area contributed by atoms with Crippen LogP contribution in [0.25, 0.3) is 0 Å². The van der Waals surface area contributed by atoms with Crippen LogP contribution in [0.1, 0.15) is 35.6 Å². The normalized spacial score (nSPS) is 17.6. The Labute approximate surface area is 124 Å². The van der Waals surface area contributed by atoms with E-state index in [9.17, 15) is 4.79 Å². The molecule has 1 aliphatic heterocycles. The SMILES string of the molecule is CCc1[nH]nc(C(=O)N2CC(C)Cc3ccccc32)c1N. The zero-order chi connectivity index (χ0) is 15.0. The molecule has 5 heteroatoms. The number of amides is 1. The van der Waals surface area contributed by atoms with Crippen LogP contribution in [-0.4, -0.2) is 22.6 Å². The van der Waals surface area contributed by atoms with E-state index in [-0.39, 0.29) is 5.91 Å². The van der Waals surface area contributed by atoms with Gasteiger partial charge in [-0.2, -0.15) is 5.10 Å². The Kier molecular flexibility index (Phi) is 3.41. The van der Waals surface area contributed by atoms with Crippen LogP contribution in [0.5, 0.6) is 0 Å². The van der Waals surface area contributed by atoms with Crippen molar-refractivity contribution < 1.29 is 4.79 Å². The first-order valence-electron chi connectivity index (χ1n) is 7.34. The number of nitrogens with zero attached hydrogens (tertiary/aromatic N) is 2. The summed E-state index contributed by atoms with van der Waals surface area (Å²) < 4.78 is 0. The van der Waals surface area contributed by atoms with Gasteiger partial charge < -0.3 is 10.6 Å². The predicted octanol–water partition coefficient (Wildman–Crippen LogP) is 2.39. The number of nitrogens with one attached hydrogen (secondary N) is 1. The Hall–Kier alpha value is -2.30. The first kappa shape index (κ1) is 13.7. The Bertz CT molecular complexity index is 677. The summed E-state index contributed by atoms with van der Waals surface area (Å²) in [6.45, 7) is 4.83. The molecular formula is C16H20N4O. The van der Waals surface area contributed by atoms with Gasteiger partial charge in [0, 0.05) is 12.2 Å². The topological polar surface area (TPSA) is 75.0 Å². The molecule has 1 aromatic carbocycles. The minimum absolute atomic E-state index is 0.123. The zero-order valence-corrected chi connectivity index (χ0v) is 12.4. The van der Waals surface area contributed by atoms with Gasteiger partial charge in [-0.05, 0) is 30.4 Å². The van der Waals surface area contributed by atoms with Crippen molar-refractivity contribution in [1.29, 1.82) is 0 Å². The molecular weight excluding hydrogens is 264 g/mol. The first-order chi connectivity index (χ1) is 10.1. The highest BCUT2D eigenvalue weighted by Gasteiger charge is 2.29. The van der Waals surface area contributed by atoms with Gasteiger partial charge in [-0.3, -0.25) is 9.89 Å².